The third kappa shape index (κ3) is 3.61. The molecular weight excluding hydrogens is 276 g/mol. The maximum absolute atomic E-state index is 11.9. The van der Waals surface area contributed by atoms with Gasteiger partial charge in [-0.15, -0.1) is 0 Å². The van der Waals surface area contributed by atoms with Gasteiger partial charge in [0.25, 0.3) is 0 Å². The molecule has 0 aliphatic rings. The molecule has 0 saturated heterocycles. The second-order valence-corrected chi connectivity index (χ2v) is 10.5. The number of hydrogen-bond acceptors (Lipinski definition) is 2. The topological polar surface area (TPSA) is 26.3 Å². The number of ether oxygens (including phenoxy) is 1. The molecule has 0 aliphatic heterocycles. The number of carbonyl (C=O) groups excluding carboxylic acids is 1. The van der Waals surface area contributed by atoms with E-state index in [0.29, 0.717) is 6.42 Å². The van der Waals surface area contributed by atoms with Crippen LogP contribution in [-0.4, -0.2) is 21.2 Å². The van der Waals surface area contributed by atoms with Gasteiger partial charge in [0.1, 0.15) is 0 Å². The average Bonchev–Trinajstić information content (AvgIpc) is 2.53. The minimum Gasteiger partial charge on any atom is -0.469 e. The highest BCUT2D eigenvalue weighted by Crippen LogP contribution is 2.30. The molecule has 1 atom stereocenters. The molecule has 0 amide bonds. The molecule has 0 bridgehead atoms. The number of benzene rings is 2. The number of methoxy groups -OCH3 is 1. The van der Waals surface area contributed by atoms with Gasteiger partial charge < -0.3 is 4.74 Å². The summed E-state index contributed by atoms with van der Waals surface area (Å²) in [4.78, 5) is 11.9. The van der Waals surface area contributed by atoms with Crippen molar-refractivity contribution in [3.05, 3.63) is 66.2 Å². The van der Waals surface area contributed by atoms with Gasteiger partial charge in [-0.2, -0.15) is 0 Å². The predicted molar refractivity (Wildman–Crippen MR) is 89.4 cm³/mol. The molecule has 3 heteroatoms. The van der Waals surface area contributed by atoms with Crippen LogP contribution in [0.2, 0.25) is 13.1 Å². The van der Waals surface area contributed by atoms with E-state index in [9.17, 15) is 4.79 Å². The Morgan fingerprint density at radius 3 is 2.05 bits per heavy atom. The summed E-state index contributed by atoms with van der Waals surface area (Å²) in [5, 5.41) is 1.36. The Labute approximate surface area is 127 Å². The first-order chi connectivity index (χ1) is 10.1. The van der Waals surface area contributed by atoms with Gasteiger partial charge in [0.2, 0.25) is 0 Å². The zero-order valence-corrected chi connectivity index (χ0v) is 13.9. The zero-order chi connectivity index (χ0) is 15.3. The molecule has 0 N–H and O–H groups in total. The lowest BCUT2D eigenvalue weighted by Crippen LogP contribution is -2.48. The lowest BCUT2D eigenvalue weighted by molar-refractivity contribution is -0.140. The summed E-state index contributed by atoms with van der Waals surface area (Å²) < 4.78 is 4.92. The van der Waals surface area contributed by atoms with Crippen molar-refractivity contribution in [2.24, 2.45) is 0 Å². The molecule has 2 aromatic rings. The maximum Gasteiger partial charge on any atom is 0.305 e. The van der Waals surface area contributed by atoms with E-state index in [2.05, 4.69) is 49.5 Å². The molecular formula is C18H22O2Si. The third-order valence-electron chi connectivity index (χ3n) is 4.19. The second kappa shape index (κ2) is 6.72. The molecule has 2 nitrogen and oxygen atoms in total. The van der Waals surface area contributed by atoms with Gasteiger partial charge in [-0.1, -0.05) is 78.9 Å². The summed E-state index contributed by atoms with van der Waals surface area (Å²) in [6, 6.07) is 20.9. The fourth-order valence-corrected chi connectivity index (χ4v) is 5.95. The van der Waals surface area contributed by atoms with Crippen molar-refractivity contribution in [2.75, 3.05) is 7.11 Å². The van der Waals surface area contributed by atoms with Crippen molar-refractivity contribution in [3.63, 3.8) is 0 Å². The van der Waals surface area contributed by atoms with Gasteiger partial charge in [0.15, 0.2) is 0 Å². The van der Waals surface area contributed by atoms with E-state index >= 15 is 0 Å². The summed E-state index contributed by atoms with van der Waals surface area (Å²) in [6.07, 6.45) is 0.439. The van der Waals surface area contributed by atoms with E-state index in [1.54, 1.807) is 0 Å². The van der Waals surface area contributed by atoms with Crippen molar-refractivity contribution < 1.29 is 9.53 Å². The van der Waals surface area contributed by atoms with E-state index in [0.717, 1.165) is 0 Å². The van der Waals surface area contributed by atoms with Crippen LogP contribution in [0.15, 0.2) is 60.7 Å². The molecule has 0 aliphatic carbocycles. The molecule has 0 radical (unpaired) electrons. The Hall–Kier alpha value is -1.87. The fourth-order valence-electron chi connectivity index (χ4n) is 2.79. The quantitative estimate of drug-likeness (QED) is 0.624. The summed E-state index contributed by atoms with van der Waals surface area (Å²) in [6.45, 7) is 4.64. The minimum atomic E-state index is -1.83. The predicted octanol–water partition coefficient (Wildman–Crippen LogP) is 3.49. The highest BCUT2D eigenvalue weighted by Gasteiger charge is 2.36. The number of carbonyl (C=O) groups is 1. The molecule has 2 aromatic carbocycles. The summed E-state index contributed by atoms with van der Waals surface area (Å²) in [7, 11) is -0.370. The van der Waals surface area contributed by atoms with Gasteiger partial charge in [0, 0.05) is 0 Å². The van der Waals surface area contributed by atoms with Crippen molar-refractivity contribution in [2.45, 2.75) is 25.1 Å². The smallest absolute Gasteiger partial charge is 0.305 e. The first-order valence-corrected chi connectivity index (χ1v) is 10.3. The largest absolute Gasteiger partial charge is 0.469 e. The number of esters is 1. The van der Waals surface area contributed by atoms with Gasteiger partial charge >= 0.3 is 5.97 Å². The molecule has 110 valence electrons. The fraction of sp³-hybridized carbons (Fsp3) is 0.278. The number of hydrogen-bond donors (Lipinski definition) is 0. The van der Waals surface area contributed by atoms with E-state index < -0.39 is 8.07 Å². The zero-order valence-electron chi connectivity index (χ0n) is 12.9. The molecule has 0 fully saturated rings. The Morgan fingerprint density at radius 1 is 1.00 bits per heavy atom. The van der Waals surface area contributed by atoms with Gasteiger partial charge in [0.05, 0.1) is 21.6 Å². The van der Waals surface area contributed by atoms with Crippen molar-refractivity contribution >= 4 is 19.2 Å². The Morgan fingerprint density at radius 2 is 1.52 bits per heavy atom. The van der Waals surface area contributed by atoms with E-state index in [1.165, 1.54) is 17.9 Å². The SMILES string of the molecule is COC(=O)CC(c1ccccc1)[Si](C)(C)c1ccccc1. The monoisotopic (exact) mass is 298 g/mol. The third-order valence-corrected chi connectivity index (χ3v) is 8.29. The Balaban J connectivity index is 2.41. The van der Waals surface area contributed by atoms with E-state index in [4.69, 9.17) is 4.74 Å². The van der Waals surface area contributed by atoms with Crippen LogP contribution in [0, 0.1) is 0 Å². The summed E-state index contributed by atoms with van der Waals surface area (Å²) in [5.74, 6) is -0.139. The molecule has 2 rings (SSSR count). The minimum absolute atomic E-state index is 0.139. The van der Waals surface area contributed by atoms with Crippen LogP contribution < -0.4 is 5.19 Å². The Bertz CT molecular complexity index is 579. The normalized spacial score (nSPS) is 12.7. The molecule has 1 unspecified atom stereocenters. The van der Waals surface area contributed by atoms with Crippen LogP contribution >= 0.6 is 0 Å². The first-order valence-electron chi connectivity index (χ1n) is 7.23. The summed E-state index contributed by atoms with van der Waals surface area (Å²) >= 11 is 0. The Kier molecular flexibility index (Phi) is 4.97. The lowest BCUT2D eigenvalue weighted by Gasteiger charge is -2.33. The van der Waals surface area contributed by atoms with Gasteiger partial charge in [-0.05, 0) is 11.1 Å². The molecule has 0 spiro atoms. The van der Waals surface area contributed by atoms with Crippen LogP contribution in [0.4, 0.5) is 0 Å². The van der Waals surface area contributed by atoms with Crippen molar-refractivity contribution in [3.8, 4) is 0 Å². The van der Waals surface area contributed by atoms with Crippen molar-refractivity contribution in [1.82, 2.24) is 0 Å². The highest BCUT2D eigenvalue weighted by atomic mass is 28.3. The number of rotatable bonds is 5. The molecule has 0 heterocycles. The van der Waals surface area contributed by atoms with E-state index in [1.807, 2.05) is 24.3 Å². The van der Waals surface area contributed by atoms with Gasteiger partial charge in [-0.3, -0.25) is 4.79 Å². The average molecular weight is 298 g/mol. The van der Waals surface area contributed by atoms with Gasteiger partial charge in [-0.25, -0.2) is 0 Å². The van der Waals surface area contributed by atoms with Crippen LogP contribution in [0.5, 0.6) is 0 Å². The second-order valence-electron chi connectivity index (χ2n) is 5.83. The summed E-state index contributed by atoms with van der Waals surface area (Å²) in [5.41, 5.74) is 1.44. The van der Waals surface area contributed by atoms with Crippen molar-refractivity contribution in [1.29, 1.82) is 0 Å². The van der Waals surface area contributed by atoms with E-state index in [-0.39, 0.29) is 11.5 Å². The highest BCUT2D eigenvalue weighted by molar-refractivity contribution is 6.91. The van der Waals surface area contributed by atoms with Crippen LogP contribution in [0.3, 0.4) is 0 Å². The van der Waals surface area contributed by atoms with Crippen LogP contribution in [0.1, 0.15) is 17.5 Å². The molecule has 0 saturated carbocycles. The van der Waals surface area contributed by atoms with Crippen LogP contribution in [0.25, 0.3) is 0 Å². The maximum atomic E-state index is 11.9. The first kappa shape index (κ1) is 15.5. The standard InChI is InChI=1S/C18H22O2Si/c1-20-18(19)14-17(15-10-6-4-7-11-15)21(2,3)16-12-8-5-9-13-16/h4-13,17H,14H2,1-3H3. The lowest BCUT2D eigenvalue weighted by atomic mass is 10.1. The molecule has 0 aromatic heterocycles. The van der Waals surface area contributed by atoms with Crippen LogP contribution in [-0.2, 0) is 9.53 Å². The molecule has 21 heavy (non-hydrogen) atoms.